The predicted octanol–water partition coefficient (Wildman–Crippen LogP) is 3.04. The lowest BCUT2D eigenvalue weighted by molar-refractivity contribution is 0.0636. The smallest absolute Gasteiger partial charge is 0.266 e. The number of methoxy groups -OCH3 is 1. The number of amides is 1. The molecule has 140 valence electrons. The number of ether oxygens (including phenoxy) is 2. The minimum Gasteiger partial charge on any atom is -0.496 e. The van der Waals surface area contributed by atoms with Crippen LogP contribution >= 0.6 is 11.3 Å². The topological polar surface area (TPSA) is 63.7 Å². The number of carbonyl (C=O) groups excluding carboxylic acids is 1. The Morgan fingerprint density at radius 3 is 3.04 bits per heavy atom. The van der Waals surface area contributed by atoms with E-state index in [1.54, 1.807) is 13.3 Å². The van der Waals surface area contributed by atoms with Crippen molar-refractivity contribution >= 4 is 17.2 Å². The first kappa shape index (κ1) is 18.8. The lowest BCUT2D eigenvalue weighted by Crippen LogP contribution is -2.48. The molecule has 1 fully saturated rings. The number of thiazole rings is 1. The predicted molar refractivity (Wildman–Crippen MR) is 102 cm³/mol. The van der Waals surface area contributed by atoms with Crippen molar-refractivity contribution in [1.29, 1.82) is 0 Å². The quantitative estimate of drug-likeness (QED) is 0.841. The molecular weight excluding hydrogens is 350 g/mol. The molecule has 1 aliphatic rings. The van der Waals surface area contributed by atoms with Gasteiger partial charge in [-0.3, -0.25) is 4.79 Å². The van der Waals surface area contributed by atoms with Crippen LogP contribution in [0.5, 0.6) is 5.75 Å². The largest absolute Gasteiger partial charge is 0.496 e. The molecule has 2 atom stereocenters. The molecule has 0 aliphatic carbocycles. The summed E-state index contributed by atoms with van der Waals surface area (Å²) in [7, 11) is 1.66. The second-order valence-electron chi connectivity index (χ2n) is 6.12. The van der Waals surface area contributed by atoms with E-state index >= 15 is 0 Å². The number of rotatable bonds is 6. The zero-order valence-corrected chi connectivity index (χ0v) is 16.2. The van der Waals surface area contributed by atoms with E-state index in [1.807, 2.05) is 43.0 Å². The number of benzene rings is 1. The van der Waals surface area contributed by atoms with Gasteiger partial charge in [0.15, 0.2) is 0 Å². The molecule has 1 aromatic carbocycles. The van der Waals surface area contributed by atoms with E-state index < -0.39 is 0 Å². The maximum absolute atomic E-state index is 13.2. The molecule has 2 heterocycles. The summed E-state index contributed by atoms with van der Waals surface area (Å²) in [6.45, 7) is 6.66. The highest BCUT2D eigenvalue weighted by molar-refractivity contribution is 7.13. The molecule has 1 N–H and O–H groups in total. The van der Waals surface area contributed by atoms with E-state index in [4.69, 9.17) is 9.47 Å². The van der Waals surface area contributed by atoms with Gasteiger partial charge >= 0.3 is 0 Å². The van der Waals surface area contributed by atoms with Crippen LogP contribution in [-0.2, 0) is 4.74 Å². The molecule has 0 radical (unpaired) electrons. The summed E-state index contributed by atoms with van der Waals surface area (Å²) in [6, 6.07) is 7.80. The van der Waals surface area contributed by atoms with E-state index in [2.05, 4.69) is 10.3 Å². The molecular formula is C19H25N3O3S. The lowest BCUT2D eigenvalue weighted by Gasteiger charge is -2.36. The Labute approximate surface area is 158 Å². The number of para-hydroxylation sites is 1. The molecule has 1 amide bonds. The van der Waals surface area contributed by atoms with Crippen LogP contribution in [0.4, 0.5) is 0 Å². The van der Waals surface area contributed by atoms with Crippen molar-refractivity contribution in [3.63, 3.8) is 0 Å². The molecule has 1 saturated heterocycles. The third-order valence-electron chi connectivity index (χ3n) is 4.50. The highest BCUT2D eigenvalue weighted by Crippen LogP contribution is 2.32. The Bertz CT molecular complexity index is 749. The summed E-state index contributed by atoms with van der Waals surface area (Å²) >= 11 is 1.41. The van der Waals surface area contributed by atoms with Gasteiger partial charge in [0, 0.05) is 31.8 Å². The summed E-state index contributed by atoms with van der Waals surface area (Å²) in [5.41, 5.74) is 1.02. The number of hydrogen-bond donors (Lipinski definition) is 1. The Hall–Kier alpha value is -1.96. The summed E-state index contributed by atoms with van der Waals surface area (Å²) < 4.78 is 11.1. The Kier molecular flexibility index (Phi) is 6.24. The number of hydrogen-bond acceptors (Lipinski definition) is 6. The van der Waals surface area contributed by atoms with Crippen LogP contribution in [0.2, 0.25) is 0 Å². The molecule has 2 aromatic rings. The lowest BCUT2D eigenvalue weighted by atomic mass is 10.0. The van der Waals surface area contributed by atoms with Gasteiger partial charge in [-0.1, -0.05) is 18.2 Å². The zero-order chi connectivity index (χ0) is 18.5. The van der Waals surface area contributed by atoms with Crippen molar-refractivity contribution in [3.8, 4) is 5.75 Å². The monoisotopic (exact) mass is 375 g/mol. The number of nitrogens with one attached hydrogen (secondary N) is 1. The third kappa shape index (κ3) is 3.90. The molecule has 0 saturated carbocycles. The molecule has 0 spiro atoms. The van der Waals surface area contributed by atoms with Crippen molar-refractivity contribution in [2.24, 2.45) is 0 Å². The molecule has 2 unspecified atom stereocenters. The summed E-state index contributed by atoms with van der Waals surface area (Å²) in [5, 5.41) is 4.21. The second kappa shape index (κ2) is 8.62. The highest BCUT2D eigenvalue weighted by atomic mass is 32.1. The van der Waals surface area contributed by atoms with Crippen LogP contribution in [0.3, 0.4) is 0 Å². The normalized spacial score (nSPS) is 18.6. The average molecular weight is 375 g/mol. The van der Waals surface area contributed by atoms with Crippen LogP contribution in [0.15, 0.2) is 30.5 Å². The van der Waals surface area contributed by atoms with E-state index in [9.17, 15) is 4.79 Å². The Balaban J connectivity index is 1.85. The van der Waals surface area contributed by atoms with E-state index in [0.29, 0.717) is 24.6 Å². The van der Waals surface area contributed by atoms with Crippen LogP contribution < -0.4 is 10.1 Å². The molecule has 6 nitrogen and oxygen atoms in total. The van der Waals surface area contributed by atoms with Gasteiger partial charge in [0.2, 0.25) is 0 Å². The molecule has 7 heteroatoms. The van der Waals surface area contributed by atoms with E-state index in [-0.39, 0.29) is 18.1 Å². The van der Waals surface area contributed by atoms with Crippen molar-refractivity contribution in [1.82, 2.24) is 15.2 Å². The first-order valence-corrected chi connectivity index (χ1v) is 9.69. The first-order chi connectivity index (χ1) is 12.7. The Morgan fingerprint density at radius 2 is 2.27 bits per heavy atom. The van der Waals surface area contributed by atoms with Gasteiger partial charge in [-0.15, -0.1) is 11.3 Å². The fraction of sp³-hybridized carbons (Fsp3) is 0.474. The maximum atomic E-state index is 13.2. The van der Waals surface area contributed by atoms with Crippen LogP contribution in [-0.4, -0.2) is 49.1 Å². The fourth-order valence-corrected chi connectivity index (χ4v) is 4.08. The summed E-state index contributed by atoms with van der Waals surface area (Å²) in [5.74, 6) is 0.809. The molecule has 3 rings (SSSR count). The molecule has 0 bridgehead atoms. The molecule has 1 aliphatic heterocycles. The zero-order valence-electron chi connectivity index (χ0n) is 15.4. The van der Waals surface area contributed by atoms with Gasteiger partial charge in [-0.05, 0) is 19.9 Å². The van der Waals surface area contributed by atoms with Gasteiger partial charge in [-0.25, -0.2) is 4.98 Å². The second-order valence-corrected chi connectivity index (χ2v) is 7.18. The van der Waals surface area contributed by atoms with Crippen LogP contribution in [0, 0.1) is 0 Å². The van der Waals surface area contributed by atoms with Crippen molar-refractivity contribution in [2.45, 2.75) is 26.0 Å². The SMILES string of the molecule is CCOC(C)c1ncc(C(=O)N2CCNCC2c2ccccc2OC)s1. The van der Waals surface area contributed by atoms with Gasteiger partial charge in [0.05, 0.1) is 19.3 Å². The van der Waals surface area contributed by atoms with Crippen molar-refractivity contribution in [2.75, 3.05) is 33.4 Å². The van der Waals surface area contributed by atoms with Crippen LogP contribution in [0.25, 0.3) is 0 Å². The first-order valence-electron chi connectivity index (χ1n) is 8.87. The minimum absolute atomic E-state index is 0.00912. The van der Waals surface area contributed by atoms with E-state index in [1.165, 1.54) is 11.3 Å². The highest BCUT2D eigenvalue weighted by Gasteiger charge is 2.31. The van der Waals surface area contributed by atoms with Crippen molar-refractivity contribution in [3.05, 3.63) is 45.9 Å². The van der Waals surface area contributed by atoms with Gasteiger partial charge < -0.3 is 19.7 Å². The minimum atomic E-state index is -0.0976. The molecule has 26 heavy (non-hydrogen) atoms. The van der Waals surface area contributed by atoms with Gasteiger partial charge in [0.25, 0.3) is 5.91 Å². The molecule has 1 aromatic heterocycles. The summed E-state index contributed by atoms with van der Waals surface area (Å²) in [6.07, 6.45) is 1.57. The Morgan fingerprint density at radius 1 is 1.46 bits per heavy atom. The van der Waals surface area contributed by atoms with Crippen molar-refractivity contribution < 1.29 is 14.3 Å². The number of piperazine rings is 1. The standard InChI is InChI=1S/C19H25N3O3S/c1-4-25-13(2)18-21-12-17(26-18)19(23)22-10-9-20-11-15(22)14-7-5-6-8-16(14)24-3/h5-8,12-13,15,20H,4,9-11H2,1-3H3. The van der Waals surface area contributed by atoms with Crippen LogP contribution in [0.1, 0.15) is 46.2 Å². The number of nitrogens with zero attached hydrogens (tertiary/aromatic N) is 2. The number of aromatic nitrogens is 1. The average Bonchev–Trinajstić information content (AvgIpc) is 3.18. The number of carbonyl (C=O) groups is 1. The third-order valence-corrected chi connectivity index (χ3v) is 5.65. The van der Waals surface area contributed by atoms with Gasteiger partial charge in [0.1, 0.15) is 21.7 Å². The summed E-state index contributed by atoms with van der Waals surface area (Å²) in [4.78, 5) is 20.1. The van der Waals surface area contributed by atoms with Gasteiger partial charge in [-0.2, -0.15) is 0 Å². The fourth-order valence-electron chi connectivity index (χ4n) is 3.20. The maximum Gasteiger partial charge on any atom is 0.266 e. The van der Waals surface area contributed by atoms with E-state index in [0.717, 1.165) is 22.9 Å².